The number of halogens is 1. The molecule has 0 unspecified atom stereocenters. The third kappa shape index (κ3) is 4.17. The van der Waals surface area contributed by atoms with Gasteiger partial charge in [0.25, 0.3) is 0 Å². The first-order valence-corrected chi connectivity index (χ1v) is 9.99. The summed E-state index contributed by atoms with van der Waals surface area (Å²) in [6.07, 6.45) is 3.52. The summed E-state index contributed by atoms with van der Waals surface area (Å²) in [5.74, 6) is 1.72. The molecular formula is C20H25ClN4O2. The van der Waals surface area contributed by atoms with Crippen LogP contribution in [0.4, 0.5) is 0 Å². The fourth-order valence-corrected chi connectivity index (χ4v) is 4.27. The average molecular weight is 389 g/mol. The van der Waals surface area contributed by atoms with E-state index in [-0.39, 0.29) is 11.3 Å². The van der Waals surface area contributed by atoms with E-state index in [9.17, 15) is 4.79 Å². The lowest BCUT2D eigenvalue weighted by molar-refractivity contribution is -0.128. The third-order valence-electron chi connectivity index (χ3n) is 5.79. The summed E-state index contributed by atoms with van der Waals surface area (Å²) in [5.41, 5.74) is 1.24. The average Bonchev–Trinajstić information content (AvgIpc) is 3.24. The van der Waals surface area contributed by atoms with E-state index in [4.69, 9.17) is 16.1 Å². The predicted molar refractivity (Wildman–Crippen MR) is 102 cm³/mol. The summed E-state index contributed by atoms with van der Waals surface area (Å²) in [6.45, 7) is 6.17. The van der Waals surface area contributed by atoms with Gasteiger partial charge in [0.05, 0.1) is 6.54 Å². The van der Waals surface area contributed by atoms with Crippen molar-refractivity contribution in [2.24, 2.45) is 5.41 Å². The molecule has 6 nitrogen and oxygen atoms in total. The van der Waals surface area contributed by atoms with Gasteiger partial charge in [-0.3, -0.25) is 9.69 Å². The Hall–Kier alpha value is -1.92. The summed E-state index contributed by atoms with van der Waals surface area (Å²) >= 11 is 5.95. The highest BCUT2D eigenvalue weighted by Gasteiger charge is 2.44. The Morgan fingerprint density at radius 1 is 1.19 bits per heavy atom. The van der Waals surface area contributed by atoms with E-state index in [0.29, 0.717) is 25.4 Å². The van der Waals surface area contributed by atoms with Crippen LogP contribution >= 0.6 is 11.6 Å². The molecule has 1 amide bonds. The molecule has 1 aromatic carbocycles. The maximum Gasteiger partial charge on any atom is 0.240 e. The molecule has 0 saturated carbocycles. The van der Waals surface area contributed by atoms with E-state index in [1.54, 1.807) is 0 Å². The van der Waals surface area contributed by atoms with Crippen molar-refractivity contribution in [1.82, 2.24) is 19.9 Å². The van der Waals surface area contributed by atoms with Crippen molar-refractivity contribution in [3.05, 3.63) is 46.6 Å². The predicted octanol–water partition coefficient (Wildman–Crippen LogP) is 3.30. The van der Waals surface area contributed by atoms with Crippen molar-refractivity contribution in [2.75, 3.05) is 19.6 Å². The number of hydrogen-bond acceptors (Lipinski definition) is 5. The Morgan fingerprint density at radius 3 is 2.59 bits per heavy atom. The van der Waals surface area contributed by atoms with Gasteiger partial charge in [-0.15, -0.1) is 0 Å². The van der Waals surface area contributed by atoms with Crippen LogP contribution in [0.3, 0.4) is 0 Å². The zero-order chi connectivity index (χ0) is 18.9. The Morgan fingerprint density at radius 2 is 1.93 bits per heavy atom. The number of benzene rings is 1. The molecule has 2 aromatic rings. The third-order valence-corrected chi connectivity index (χ3v) is 6.05. The molecule has 2 aliphatic heterocycles. The first kappa shape index (κ1) is 18.4. The molecule has 0 N–H and O–H groups in total. The van der Waals surface area contributed by atoms with Gasteiger partial charge in [0, 0.05) is 31.0 Å². The van der Waals surface area contributed by atoms with Gasteiger partial charge < -0.3 is 9.42 Å². The van der Waals surface area contributed by atoms with E-state index >= 15 is 0 Å². The van der Waals surface area contributed by atoms with Crippen molar-refractivity contribution >= 4 is 17.5 Å². The molecule has 0 radical (unpaired) electrons. The number of carbonyl (C=O) groups is 1. The maximum absolute atomic E-state index is 12.6. The highest BCUT2D eigenvalue weighted by atomic mass is 35.5. The molecule has 0 aliphatic carbocycles. The van der Waals surface area contributed by atoms with E-state index in [2.05, 4.69) is 15.0 Å². The van der Waals surface area contributed by atoms with Crippen molar-refractivity contribution in [3.8, 4) is 0 Å². The summed E-state index contributed by atoms with van der Waals surface area (Å²) in [7, 11) is 0. The number of aryl methyl sites for hydroxylation is 1. The summed E-state index contributed by atoms with van der Waals surface area (Å²) in [5, 5.41) is 4.69. The number of rotatable bonds is 5. The topological polar surface area (TPSA) is 62.5 Å². The zero-order valence-electron chi connectivity index (χ0n) is 15.7. The molecule has 1 spiro atoms. The van der Waals surface area contributed by atoms with Crippen LogP contribution in [-0.2, 0) is 24.3 Å². The Balaban J connectivity index is 1.32. The number of carbonyl (C=O) groups excluding carboxylic acids is 1. The standard InChI is InChI=1S/C20H25ClN4O2/c1-2-17-22-18(27-23-17)13-24-9-7-20(8-10-24)11-19(26)25(14-20)12-15-3-5-16(21)6-4-15/h3-6H,2,7-14H2,1H3. The smallest absolute Gasteiger partial charge is 0.240 e. The first-order chi connectivity index (χ1) is 13.0. The number of hydrogen-bond donors (Lipinski definition) is 0. The van der Waals surface area contributed by atoms with Crippen molar-refractivity contribution in [2.45, 2.75) is 45.7 Å². The summed E-state index contributed by atoms with van der Waals surface area (Å²) < 4.78 is 5.31. The second-order valence-electron chi connectivity index (χ2n) is 7.79. The van der Waals surface area contributed by atoms with Gasteiger partial charge in [-0.05, 0) is 49.0 Å². The Kier molecular flexibility index (Phi) is 5.19. The van der Waals surface area contributed by atoms with Crippen molar-refractivity contribution < 1.29 is 9.32 Å². The van der Waals surface area contributed by atoms with E-state index < -0.39 is 0 Å². The van der Waals surface area contributed by atoms with Gasteiger partial charge in [0.2, 0.25) is 11.8 Å². The van der Waals surface area contributed by atoms with Crippen LogP contribution in [0.5, 0.6) is 0 Å². The highest BCUT2D eigenvalue weighted by molar-refractivity contribution is 6.30. The molecule has 1 aromatic heterocycles. The first-order valence-electron chi connectivity index (χ1n) is 9.61. The van der Waals surface area contributed by atoms with Gasteiger partial charge in [-0.2, -0.15) is 4.98 Å². The van der Waals surface area contributed by atoms with Gasteiger partial charge in [-0.1, -0.05) is 35.8 Å². The monoisotopic (exact) mass is 388 g/mol. The lowest BCUT2D eigenvalue weighted by atomic mass is 9.77. The Labute approximate surface area is 164 Å². The molecule has 4 rings (SSSR count). The Bertz CT molecular complexity index is 797. The van der Waals surface area contributed by atoms with Gasteiger partial charge in [0.15, 0.2) is 5.82 Å². The lowest BCUT2D eigenvalue weighted by Crippen LogP contribution is -2.41. The zero-order valence-corrected chi connectivity index (χ0v) is 16.4. The molecular weight excluding hydrogens is 364 g/mol. The van der Waals surface area contributed by atoms with E-state index in [1.165, 1.54) is 0 Å². The van der Waals surface area contributed by atoms with Crippen LogP contribution in [0.2, 0.25) is 5.02 Å². The lowest BCUT2D eigenvalue weighted by Gasteiger charge is -2.38. The second kappa shape index (κ2) is 7.60. The molecule has 0 bridgehead atoms. The normalized spacial score (nSPS) is 19.9. The van der Waals surface area contributed by atoms with Crippen molar-refractivity contribution in [1.29, 1.82) is 0 Å². The maximum atomic E-state index is 12.6. The minimum Gasteiger partial charge on any atom is -0.338 e. The fourth-order valence-electron chi connectivity index (χ4n) is 4.15. The van der Waals surface area contributed by atoms with Gasteiger partial charge in [-0.25, -0.2) is 0 Å². The number of amides is 1. The summed E-state index contributed by atoms with van der Waals surface area (Å²) in [6, 6.07) is 7.76. The van der Waals surface area contributed by atoms with Crippen LogP contribution in [-0.4, -0.2) is 45.5 Å². The number of nitrogens with zero attached hydrogens (tertiary/aromatic N) is 4. The minimum atomic E-state index is 0.115. The number of aromatic nitrogens is 2. The second-order valence-corrected chi connectivity index (χ2v) is 8.22. The van der Waals surface area contributed by atoms with Crippen LogP contribution < -0.4 is 0 Å². The van der Waals surface area contributed by atoms with E-state index in [0.717, 1.165) is 55.3 Å². The molecule has 3 heterocycles. The fraction of sp³-hybridized carbons (Fsp3) is 0.550. The molecule has 2 fully saturated rings. The van der Waals surface area contributed by atoms with Crippen LogP contribution in [0.25, 0.3) is 0 Å². The van der Waals surface area contributed by atoms with Gasteiger partial charge in [0.1, 0.15) is 0 Å². The minimum absolute atomic E-state index is 0.115. The molecule has 144 valence electrons. The highest BCUT2D eigenvalue weighted by Crippen LogP contribution is 2.41. The van der Waals surface area contributed by atoms with E-state index in [1.807, 2.05) is 36.1 Å². The quantitative estimate of drug-likeness (QED) is 0.786. The largest absolute Gasteiger partial charge is 0.338 e. The van der Waals surface area contributed by atoms with Crippen LogP contribution in [0.15, 0.2) is 28.8 Å². The number of piperidine rings is 1. The van der Waals surface area contributed by atoms with Gasteiger partial charge >= 0.3 is 0 Å². The molecule has 2 aliphatic rings. The molecule has 2 saturated heterocycles. The number of likely N-dealkylation sites (tertiary alicyclic amines) is 2. The van der Waals surface area contributed by atoms with Crippen molar-refractivity contribution in [3.63, 3.8) is 0 Å². The molecule has 27 heavy (non-hydrogen) atoms. The summed E-state index contributed by atoms with van der Waals surface area (Å²) in [4.78, 5) is 21.3. The SMILES string of the molecule is CCc1noc(CN2CCC3(CC2)CC(=O)N(Cc2ccc(Cl)cc2)C3)n1. The molecule has 7 heteroatoms. The van der Waals surface area contributed by atoms with Crippen LogP contribution in [0, 0.1) is 5.41 Å². The van der Waals surface area contributed by atoms with Crippen LogP contribution in [0.1, 0.15) is 43.5 Å². The molecule has 0 atom stereocenters.